The van der Waals surface area contributed by atoms with Gasteiger partial charge in [-0.2, -0.15) is 0 Å². The fourth-order valence-electron chi connectivity index (χ4n) is 2.38. The van der Waals surface area contributed by atoms with Crippen molar-refractivity contribution in [3.63, 3.8) is 0 Å². The first-order valence-electron chi connectivity index (χ1n) is 7.61. The van der Waals surface area contributed by atoms with Gasteiger partial charge in [0.05, 0.1) is 4.90 Å². The lowest BCUT2D eigenvalue weighted by Crippen LogP contribution is -2.34. The number of carbonyl (C=O) groups excluding carboxylic acids is 1. The van der Waals surface area contributed by atoms with E-state index in [1.807, 2.05) is 6.92 Å². The molecule has 0 amide bonds. The standard InChI is InChI=1S/C16H23NO3S/c1-3-14(10-12-8-9-12)17-21(19,20)15-7-5-6-13(11-15)16(18)4-2/h5-7,11-12,14,17H,3-4,8-10H2,1-2H3. The average Bonchev–Trinajstić information content (AvgIpc) is 3.29. The SMILES string of the molecule is CCC(=O)c1cccc(S(=O)(=O)NC(CC)CC2CC2)c1. The zero-order valence-electron chi connectivity index (χ0n) is 12.6. The molecule has 5 heteroatoms. The molecule has 2 rings (SSSR count). The van der Waals surface area contributed by atoms with Crippen LogP contribution < -0.4 is 4.72 Å². The van der Waals surface area contributed by atoms with Crippen LogP contribution in [-0.4, -0.2) is 20.2 Å². The molecule has 1 aromatic carbocycles. The number of sulfonamides is 1. The molecule has 0 saturated heterocycles. The van der Waals surface area contributed by atoms with Crippen molar-refractivity contribution in [1.82, 2.24) is 4.72 Å². The highest BCUT2D eigenvalue weighted by molar-refractivity contribution is 7.89. The Hall–Kier alpha value is -1.20. The maximum atomic E-state index is 12.4. The van der Waals surface area contributed by atoms with Gasteiger partial charge in [0, 0.05) is 18.0 Å². The summed E-state index contributed by atoms with van der Waals surface area (Å²) in [4.78, 5) is 11.9. The Morgan fingerprint density at radius 1 is 1.33 bits per heavy atom. The number of carbonyl (C=O) groups is 1. The third kappa shape index (κ3) is 4.38. The van der Waals surface area contributed by atoms with Crippen LogP contribution in [0.2, 0.25) is 0 Å². The van der Waals surface area contributed by atoms with E-state index in [9.17, 15) is 13.2 Å². The molecule has 1 N–H and O–H groups in total. The Morgan fingerprint density at radius 3 is 2.62 bits per heavy atom. The van der Waals surface area contributed by atoms with Crippen molar-refractivity contribution in [2.45, 2.75) is 56.9 Å². The number of benzene rings is 1. The Bertz CT molecular complexity index is 606. The van der Waals surface area contributed by atoms with Gasteiger partial charge >= 0.3 is 0 Å². The van der Waals surface area contributed by atoms with Crippen molar-refractivity contribution < 1.29 is 13.2 Å². The molecule has 0 spiro atoms. The lowest BCUT2D eigenvalue weighted by atomic mass is 10.1. The highest BCUT2D eigenvalue weighted by Crippen LogP contribution is 2.34. The van der Waals surface area contributed by atoms with Crippen LogP contribution >= 0.6 is 0 Å². The predicted octanol–water partition coefficient (Wildman–Crippen LogP) is 3.14. The summed E-state index contributed by atoms with van der Waals surface area (Å²) in [5.41, 5.74) is 0.454. The number of Topliss-reactive ketones (excluding diaryl/α,β-unsaturated/α-hetero) is 1. The number of hydrogen-bond donors (Lipinski definition) is 1. The first-order valence-corrected chi connectivity index (χ1v) is 9.10. The Labute approximate surface area is 127 Å². The third-order valence-electron chi connectivity index (χ3n) is 3.92. The molecule has 1 atom stereocenters. The molecule has 0 bridgehead atoms. The summed E-state index contributed by atoms with van der Waals surface area (Å²) in [6, 6.07) is 6.27. The molecule has 1 aromatic rings. The van der Waals surface area contributed by atoms with E-state index >= 15 is 0 Å². The van der Waals surface area contributed by atoms with Crippen molar-refractivity contribution >= 4 is 15.8 Å². The molecule has 0 heterocycles. The lowest BCUT2D eigenvalue weighted by molar-refractivity contribution is 0.0988. The topological polar surface area (TPSA) is 63.2 Å². The average molecular weight is 309 g/mol. The van der Waals surface area contributed by atoms with Crippen LogP contribution in [0.25, 0.3) is 0 Å². The smallest absolute Gasteiger partial charge is 0.240 e. The van der Waals surface area contributed by atoms with Gasteiger partial charge in [-0.1, -0.05) is 38.8 Å². The zero-order valence-corrected chi connectivity index (χ0v) is 13.4. The molecule has 0 aliphatic heterocycles. The fourth-order valence-corrected chi connectivity index (χ4v) is 3.76. The van der Waals surface area contributed by atoms with Gasteiger partial charge in [0.15, 0.2) is 5.78 Å². The van der Waals surface area contributed by atoms with Crippen molar-refractivity contribution in [2.75, 3.05) is 0 Å². The van der Waals surface area contributed by atoms with Gasteiger partial charge in [-0.15, -0.1) is 0 Å². The third-order valence-corrected chi connectivity index (χ3v) is 5.43. The van der Waals surface area contributed by atoms with Crippen LogP contribution in [-0.2, 0) is 10.0 Å². The molecule has 1 unspecified atom stereocenters. The minimum atomic E-state index is -3.56. The fraction of sp³-hybridized carbons (Fsp3) is 0.562. The van der Waals surface area contributed by atoms with E-state index < -0.39 is 10.0 Å². The largest absolute Gasteiger partial charge is 0.294 e. The number of rotatable bonds is 8. The van der Waals surface area contributed by atoms with Crippen LogP contribution in [0, 0.1) is 5.92 Å². The highest BCUT2D eigenvalue weighted by Gasteiger charge is 2.27. The van der Waals surface area contributed by atoms with Gasteiger partial charge in [-0.25, -0.2) is 13.1 Å². The summed E-state index contributed by atoms with van der Waals surface area (Å²) in [7, 11) is -3.56. The van der Waals surface area contributed by atoms with Crippen LogP contribution in [0.3, 0.4) is 0 Å². The second kappa shape index (κ2) is 6.71. The molecule has 0 radical (unpaired) electrons. The molecule has 1 aliphatic rings. The van der Waals surface area contributed by atoms with Crippen molar-refractivity contribution in [3.05, 3.63) is 29.8 Å². The zero-order chi connectivity index (χ0) is 15.5. The quantitative estimate of drug-likeness (QED) is 0.750. The normalized spacial score (nSPS) is 16.7. The summed E-state index contributed by atoms with van der Waals surface area (Å²) in [6.45, 7) is 3.76. The molecule has 1 fully saturated rings. The minimum Gasteiger partial charge on any atom is -0.294 e. The minimum absolute atomic E-state index is 0.0203. The van der Waals surface area contributed by atoms with Gasteiger partial charge < -0.3 is 0 Å². The second-order valence-electron chi connectivity index (χ2n) is 5.71. The van der Waals surface area contributed by atoms with E-state index in [2.05, 4.69) is 4.72 Å². The Balaban J connectivity index is 2.15. The van der Waals surface area contributed by atoms with Gasteiger partial charge in [0.2, 0.25) is 10.0 Å². The lowest BCUT2D eigenvalue weighted by Gasteiger charge is -2.17. The first-order chi connectivity index (χ1) is 9.96. The Morgan fingerprint density at radius 2 is 2.05 bits per heavy atom. The van der Waals surface area contributed by atoms with Crippen LogP contribution in [0.1, 0.15) is 56.3 Å². The van der Waals surface area contributed by atoms with E-state index in [0.29, 0.717) is 17.9 Å². The molecule has 1 saturated carbocycles. The maximum absolute atomic E-state index is 12.4. The van der Waals surface area contributed by atoms with Gasteiger partial charge in [-0.3, -0.25) is 4.79 Å². The van der Waals surface area contributed by atoms with E-state index in [-0.39, 0.29) is 16.7 Å². The molecule has 0 aromatic heterocycles. The maximum Gasteiger partial charge on any atom is 0.240 e. The number of ketones is 1. The summed E-state index contributed by atoms with van der Waals surface area (Å²) in [5.74, 6) is 0.628. The van der Waals surface area contributed by atoms with Gasteiger partial charge in [-0.05, 0) is 30.9 Å². The van der Waals surface area contributed by atoms with Crippen molar-refractivity contribution in [2.24, 2.45) is 5.92 Å². The Kier molecular flexibility index (Phi) is 5.17. The first kappa shape index (κ1) is 16.2. The van der Waals surface area contributed by atoms with Crippen LogP contribution in [0.5, 0.6) is 0 Å². The molecule has 116 valence electrons. The summed E-state index contributed by atoms with van der Waals surface area (Å²) in [5, 5.41) is 0. The van der Waals surface area contributed by atoms with Crippen LogP contribution in [0.15, 0.2) is 29.2 Å². The molecule has 1 aliphatic carbocycles. The molecular formula is C16H23NO3S. The van der Waals surface area contributed by atoms with E-state index in [0.717, 1.165) is 12.8 Å². The number of hydrogen-bond acceptors (Lipinski definition) is 3. The monoisotopic (exact) mass is 309 g/mol. The highest BCUT2D eigenvalue weighted by atomic mass is 32.2. The van der Waals surface area contributed by atoms with Gasteiger partial charge in [0.25, 0.3) is 0 Å². The van der Waals surface area contributed by atoms with Gasteiger partial charge in [0.1, 0.15) is 0 Å². The summed E-state index contributed by atoms with van der Waals surface area (Å²) in [6.07, 6.45) is 4.47. The van der Waals surface area contributed by atoms with E-state index in [1.165, 1.54) is 18.9 Å². The summed E-state index contributed by atoms with van der Waals surface area (Å²) < 4.78 is 27.7. The van der Waals surface area contributed by atoms with Crippen molar-refractivity contribution in [3.8, 4) is 0 Å². The molecule has 21 heavy (non-hydrogen) atoms. The predicted molar refractivity (Wildman–Crippen MR) is 82.8 cm³/mol. The van der Waals surface area contributed by atoms with Crippen molar-refractivity contribution in [1.29, 1.82) is 0 Å². The van der Waals surface area contributed by atoms with Crippen LogP contribution in [0.4, 0.5) is 0 Å². The van der Waals surface area contributed by atoms with E-state index in [1.54, 1.807) is 25.1 Å². The molecule has 4 nitrogen and oxygen atoms in total. The molecular weight excluding hydrogens is 286 g/mol. The number of nitrogens with one attached hydrogen (secondary N) is 1. The van der Waals surface area contributed by atoms with E-state index in [4.69, 9.17) is 0 Å². The second-order valence-corrected chi connectivity index (χ2v) is 7.42. The summed E-state index contributed by atoms with van der Waals surface area (Å²) >= 11 is 0.